The summed E-state index contributed by atoms with van der Waals surface area (Å²) in [6, 6.07) is 10.4. The molecule has 1 aliphatic rings. The van der Waals surface area contributed by atoms with Gasteiger partial charge in [-0.15, -0.1) is 11.3 Å². The SMILES string of the molecule is Cc1sc(NC[C@H]2CCCC(=O)N2)nc1-c1ccccc1. The number of anilines is 1. The van der Waals surface area contributed by atoms with E-state index in [9.17, 15) is 4.79 Å². The van der Waals surface area contributed by atoms with Crippen molar-refractivity contribution in [2.24, 2.45) is 0 Å². The highest BCUT2D eigenvalue weighted by Gasteiger charge is 2.18. The van der Waals surface area contributed by atoms with Gasteiger partial charge in [0.25, 0.3) is 0 Å². The standard InChI is InChI=1S/C16H19N3OS/c1-11-15(12-6-3-2-4-7-12)19-16(21-11)17-10-13-8-5-9-14(20)18-13/h2-4,6-7,13H,5,8-10H2,1H3,(H,17,19)(H,18,20)/t13-/m1/s1. The molecule has 0 spiro atoms. The number of hydrogen-bond acceptors (Lipinski definition) is 4. The molecule has 1 atom stereocenters. The number of carbonyl (C=O) groups excluding carboxylic acids is 1. The van der Waals surface area contributed by atoms with E-state index in [1.54, 1.807) is 11.3 Å². The number of amides is 1. The molecule has 1 fully saturated rings. The maximum absolute atomic E-state index is 11.4. The monoisotopic (exact) mass is 301 g/mol. The van der Waals surface area contributed by atoms with E-state index in [1.807, 2.05) is 18.2 Å². The van der Waals surface area contributed by atoms with Gasteiger partial charge in [-0.25, -0.2) is 4.98 Å². The fraction of sp³-hybridized carbons (Fsp3) is 0.375. The lowest BCUT2D eigenvalue weighted by molar-refractivity contribution is -0.123. The van der Waals surface area contributed by atoms with Crippen LogP contribution >= 0.6 is 11.3 Å². The third-order valence-corrected chi connectivity index (χ3v) is 4.59. The molecule has 2 aromatic rings. The van der Waals surface area contributed by atoms with Gasteiger partial charge in [0.15, 0.2) is 5.13 Å². The van der Waals surface area contributed by atoms with E-state index >= 15 is 0 Å². The van der Waals surface area contributed by atoms with E-state index in [2.05, 4.69) is 34.7 Å². The Balaban J connectivity index is 1.66. The summed E-state index contributed by atoms with van der Waals surface area (Å²) in [5.74, 6) is 0.161. The zero-order valence-corrected chi connectivity index (χ0v) is 12.9. The Hall–Kier alpha value is -1.88. The van der Waals surface area contributed by atoms with Crippen LogP contribution in [0.3, 0.4) is 0 Å². The number of aromatic nitrogens is 1. The van der Waals surface area contributed by atoms with Crippen LogP contribution in [0.1, 0.15) is 24.1 Å². The lowest BCUT2D eigenvalue weighted by atomic mass is 10.0. The normalized spacial score (nSPS) is 18.3. The number of piperidine rings is 1. The topological polar surface area (TPSA) is 54.0 Å². The number of nitrogens with one attached hydrogen (secondary N) is 2. The molecule has 0 saturated carbocycles. The van der Waals surface area contributed by atoms with Gasteiger partial charge in [-0.05, 0) is 19.8 Å². The highest BCUT2D eigenvalue weighted by molar-refractivity contribution is 7.16. The predicted molar refractivity (Wildman–Crippen MR) is 86.6 cm³/mol. The number of thiazole rings is 1. The Kier molecular flexibility index (Phi) is 4.20. The minimum atomic E-state index is 0.161. The molecule has 1 amide bonds. The summed E-state index contributed by atoms with van der Waals surface area (Å²) in [6.07, 6.45) is 2.67. The number of hydrogen-bond donors (Lipinski definition) is 2. The fourth-order valence-corrected chi connectivity index (χ4v) is 3.42. The average Bonchev–Trinajstić information content (AvgIpc) is 2.87. The average molecular weight is 301 g/mol. The number of nitrogens with zero attached hydrogens (tertiary/aromatic N) is 1. The molecule has 0 unspecified atom stereocenters. The molecule has 4 nitrogen and oxygen atoms in total. The molecule has 21 heavy (non-hydrogen) atoms. The number of carbonyl (C=O) groups is 1. The van der Waals surface area contributed by atoms with Crippen molar-refractivity contribution in [3.8, 4) is 11.3 Å². The molecule has 1 saturated heterocycles. The molecular formula is C16H19N3OS. The van der Waals surface area contributed by atoms with Crippen LogP contribution in [0, 0.1) is 6.92 Å². The van der Waals surface area contributed by atoms with Crippen LogP contribution in [0.4, 0.5) is 5.13 Å². The van der Waals surface area contributed by atoms with Crippen molar-refractivity contribution >= 4 is 22.4 Å². The van der Waals surface area contributed by atoms with E-state index in [1.165, 1.54) is 4.88 Å². The predicted octanol–water partition coefficient (Wildman–Crippen LogP) is 3.20. The Morgan fingerprint density at radius 3 is 2.95 bits per heavy atom. The van der Waals surface area contributed by atoms with Crippen molar-refractivity contribution in [2.45, 2.75) is 32.2 Å². The second-order valence-electron chi connectivity index (χ2n) is 5.33. The quantitative estimate of drug-likeness (QED) is 0.912. The first-order chi connectivity index (χ1) is 10.2. The lowest BCUT2D eigenvalue weighted by Gasteiger charge is -2.23. The van der Waals surface area contributed by atoms with Crippen molar-refractivity contribution < 1.29 is 4.79 Å². The van der Waals surface area contributed by atoms with Crippen LogP contribution in [0.25, 0.3) is 11.3 Å². The second kappa shape index (κ2) is 6.26. The van der Waals surface area contributed by atoms with Crippen LogP contribution in [-0.2, 0) is 4.79 Å². The van der Waals surface area contributed by atoms with Crippen molar-refractivity contribution in [3.63, 3.8) is 0 Å². The summed E-state index contributed by atoms with van der Waals surface area (Å²) in [5.41, 5.74) is 2.18. The fourth-order valence-electron chi connectivity index (χ4n) is 2.58. The smallest absolute Gasteiger partial charge is 0.220 e. The maximum atomic E-state index is 11.4. The van der Waals surface area contributed by atoms with E-state index in [-0.39, 0.29) is 11.9 Å². The van der Waals surface area contributed by atoms with E-state index < -0.39 is 0 Å². The summed E-state index contributed by atoms with van der Waals surface area (Å²) in [5, 5.41) is 7.30. The Morgan fingerprint density at radius 2 is 2.19 bits per heavy atom. The van der Waals surface area contributed by atoms with Crippen LogP contribution in [0.2, 0.25) is 0 Å². The second-order valence-corrected chi connectivity index (χ2v) is 6.53. The summed E-state index contributed by atoms with van der Waals surface area (Å²) < 4.78 is 0. The lowest BCUT2D eigenvalue weighted by Crippen LogP contribution is -2.42. The molecule has 2 N–H and O–H groups in total. The van der Waals surface area contributed by atoms with E-state index in [4.69, 9.17) is 0 Å². The molecule has 0 aliphatic carbocycles. The molecular weight excluding hydrogens is 282 g/mol. The summed E-state index contributed by atoms with van der Waals surface area (Å²) >= 11 is 1.66. The largest absolute Gasteiger partial charge is 0.359 e. The molecule has 3 rings (SSSR count). The molecule has 1 aliphatic heterocycles. The maximum Gasteiger partial charge on any atom is 0.220 e. The zero-order valence-electron chi connectivity index (χ0n) is 12.1. The van der Waals surface area contributed by atoms with Crippen molar-refractivity contribution in [1.82, 2.24) is 10.3 Å². The third-order valence-electron chi connectivity index (χ3n) is 3.67. The molecule has 5 heteroatoms. The van der Waals surface area contributed by atoms with Gasteiger partial charge < -0.3 is 10.6 Å². The Morgan fingerprint density at radius 1 is 1.38 bits per heavy atom. The first kappa shape index (κ1) is 14.1. The van der Waals surface area contributed by atoms with Crippen molar-refractivity contribution in [2.75, 3.05) is 11.9 Å². The van der Waals surface area contributed by atoms with Gasteiger partial charge in [0.1, 0.15) is 0 Å². The van der Waals surface area contributed by atoms with Gasteiger partial charge in [0.05, 0.1) is 5.69 Å². The number of aryl methyl sites for hydroxylation is 1. The van der Waals surface area contributed by atoms with Crippen molar-refractivity contribution in [3.05, 3.63) is 35.2 Å². The van der Waals surface area contributed by atoms with Crippen LogP contribution in [-0.4, -0.2) is 23.5 Å². The summed E-state index contributed by atoms with van der Waals surface area (Å²) in [7, 11) is 0. The molecule has 1 aromatic carbocycles. The molecule has 110 valence electrons. The number of benzene rings is 1. The van der Waals surface area contributed by atoms with Gasteiger partial charge in [-0.1, -0.05) is 30.3 Å². The summed E-state index contributed by atoms with van der Waals surface area (Å²) in [4.78, 5) is 17.3. The number of rotatable bonds is 4. The Labute approximate surface area is 128 Å². The first-order valence-corrected chi connectivity index (χ1v) is 8.10. The highest BCUT2D eigenvalue weighted by Crippen LogP contribution is 2.30. The Bertz CT molecular complexity index is 624. The van der Waals surface area contributed by atoms with Gasteiger partial charge in [-0.3, -0.25) is 4.79 Å². The van der Waals surface area contributed by atoms with Crippen LogP contribution < -0.4 is 10.6 Å². The van der Waals surface area contributed by atoms with Gasteiger partial charge in [0.2, 0.25) is 5.91 Å². The van der Waals surface area contributed by atoms with Gasteiger partial charge >= 0.3 is 0 Å². The molecule has 2 heterocycles. The third kappa shape index (κ3) is 3.42. The minimum absolute atomic E-state index is 0.161. The molecule has 1 aromatic heterocycles. The molecule has 0 radical (unpaired) electrons. The van der Waals surface area contributed by atoms with Gasteiger partial charge in [0, 0.05) is 29.4 Å². The highest BCUT2D eigenvalue weighted by atomic mass is 32.1. The van der Waals surface area contributed by atoms with Crippen LogP contribution in [0.15, 0.2) is 30.3 Å². The van der Waals surface area contributed by atoms with Gasteiger partial charge in [-0.2, -0.15) is 0 Å². The minimum Gasteiger partial charge on any atom is -0.359 e. The van der Waals surface area contributed by atoms with E-state index in [0.29, 0.717) is 6.42 Å². The van der Waals surface area contributed by atoms with Crippen LogP contribution in [0.5, 0.6) is 0 Å². The zero-order chi connectivity index (χ0) is 14.7. The first-order valence-electron chi connectivity index (χ1n) is 7.28. The van der Waals surface area contributed by atoms with E-state index in [0.717, 1.165) is 35.8 Å². The summed E-state index contributed by atoms with van der Waals surface area (Å²) in [6.45, 7) is 2.83. The van der Waals surface area contributed by atoms with Crippen molar-refractivity contribution in [1.29, 1.82) is 0 Å². The molecule has 0 bridgehead atoms.